The minimum absolute atomic E-state index is 0.0447. The molecule has 0 aliphatic carbocycles. The van der Waals surface area contributed by atoms with Crippen molar-refractivity contribution in [2.24, 2.45) is 0 Å². The average molecular weight is 281 g/mol. The molecule has 0 heterocycles. The molecule has 1 atom stereocenters. The quantitative estimate of drug-likeness (QED) is 0.836. The molecule has 0 saturated carbocycles. The van der Waals surface area contributed by atoms with Gasteiger partial charge in [-0.15, -0.1) is 11.6 Å². The summed E-state index contributed by atoms with van der Waals surface area (Å²) in [6.45, 7) is 2.41. The fraction of sp³-hybridized carbons (Fsp3) is 0.364. The number of nitrogens with one attached hydrogen (secondary N) is 1. The fourth-order valence-electron chi connectivity index (χ4n) is 1.17. The molecule has 0 aliphatic heterocycles. The second kappa shape index (κ2) is 6.33. The molecule has 0 saturated heterocycles. The molecule has 1 N–H and O–H groups in total. The number of amides is 1. The zero-order valence-corrected chi connectivity index (χ0v) is 11.0. The van der Waals surface area contributed by atoms with E-state index in [4.69, 9.17) is 34.8 Å². The number of hydrogen-bond donors (Lipinski definition) is 1. The molecule has 1 aromatic carbocycles. The van der Waals surface area contributed by atoms with Gasteiger partial charge in [0, 0.05) is 27.5 Å². The summed E-state index contributed by atoms with van der Waals surface area (Å²) in [6, 6.07) is 4.74. The molecule has 5 heteroatoms. The van der Waals surface area contributed by atoms with Crippen LogP contribution in [0.5, 0.6) is 0 Å². The number of carbonyl (C=O) groups excluding carboxylic acids is 1. The second-order valence-electron chi connectivity index (χ2n) is 3.48. The lowest BCUT2D eigenvalue weighted by molar-refractivity contribution is 0.0953. The van der Waals surface area contributed by atoms with E-state index in [1.54, 1.807) is 18.2 Å². The summed E-state index contributed by atoms with van der Waals surface area (Å²) in [4.78, 5) is 11.7. The van der Waals surface area contributed by atoms with E-state index in [0.29, 0.717) is 22.2 Å². The Morgan fingerprint density at radius 3 is 2.38 bits per heavy atom. The van der Waals surface area contributed by atoms with E-state index in [1.807, 2.05) is 6.92 Å². The third-order valence-electron chi connectivity index (χ3n) is 1.95. The van der Waals surface area contributed by atoms with Gasteiger partial charge in [-0.05, 0) is 31.5 Å². The van der Waals surface area contributed by atoms with Gasteiger partial charge in [0.1, 0.15) is 0 Å². The van der Waals surface area contributed by atoms with E-state index in [0.717, 1.165) is 6.42 Å². The van der Waals surface area contributed by atoms with Crippen molar-refractivity contribution in [3.63, 3.8) is 0 Å². The number of hydrogen-bond acceptors (Lipinski definition) is 1. The Hall–Kier alpha value is -0.440. The highest BCUT2D eigenvalue weighted by atomic mass is 35.5. The van der Waals surface area contributed by atoms with Crippen LogP contribution >= 0.6 is 34.8 Å². The van der Waals surface area contributed by atoms with Crippen LogP contribution in [0.1, 0.15) is 23.7 Å². The highest BCUT2D eigenvalue weighted by Gasteiger charge is 2.07. The van der Waals surface area contributed by atoms with E-state index >= 15 is 0 Å². The molecular formula is C11H12Cl3NO. The van der Waals surface area contributed by atoms with Crippen LogP contribution in [0.2, 0.25) is 10.0 Å². The molecule has 0 bridgehead atoms. The van der Waals surface area contributed by atoms with Crippen LogP contribution in [0.4, 0.5) is 0 Å². The topological polar surface area (TPSA) is 29.1 Å². The Bertz CT molecular complexity index is 359. The monoisotopic (exact) mass is 279 g/mol. The summed E-state index contributed by atoms with van der Waals surface area (Å²) in [5.74, 6) is -0.193. The number of carbonyl (C=O) groups is 1. The highest BCUT2D eigenvalue weighted by Crippen LogP contribution is 2.18. The molecule has 0 fully saturated rings. The van der Waals surface area contributed by atoms with Crippen LogP contribution in [-0.2, 0) is 0 Å². The predicted molar refractivity (Wildman–Crippen MR) is 68.7 cm³/mol. The first-order valence-corrected chi connectivity index (χ1v) is 6.06. The third-order valence-corrected chi connectivity index (χ3v) is 2.61. The number of benzene rings is 1. The summed E-state index contributed by atoms with van der Waals surface area (Å²) in [7, 11) is 0. The first-order chi connectivity index (χ1) is 7.49. The van der Waals surface area contributed by atoms with Gasteiger partial charge in [-0.3, -0.25) is 4.79 Å². The fourth-order valence-corrected chi connectivity index (χ4v) is 1.81. The van der Waals surface area contributed by atoms with Gasteiger partial charge in [0.15, 0.2) is 0 Å². The number of halogens is 3. The van der Waals surface area contributed by atoms with Crippen molar-refractivity contribution in [3.05, 3.63) is 33.8 Å². The van der Waals surface area contributed by atoms with Crippen molar-refractivity contribution in [2.45, 2.75) is 18.7 Å². The zero-order chi connectivity index (χ0) is 12.1. The predicted octanol–water partition coefficient (Wildman–Crippen LogP) is 3.74. The van der Waals surface area contributed by atoms with E-state index in [9.17, 15) is 4.79 Å². The van der Waals surface area contributed by atoms with E-state index in [-0.39, 0.29) is 11.3 Å². The van der Waals surface area contributed by atoms with Crippen molar-refractivity contribution >= 4 is 40.7 Å². The Morgan fingerprint density at radius 2 is 1.88 bits per heavy atom. The van der Waals surface area contributed by atoms with Gasteiger partial charge in [-0.1, -0.05) is 23.2 Å². The molecule has 1 amide bonds. The van der Waals surface area contributed by atoms with Gasteiger partial charge in [0.05, 0.1) is 0 Å². The Kier molecular flexibility index (Phi) is 5.39. The van der Waals surface area contributed by atoms with Crippen LogP contribution in [0.3, 0.4) is 0 Å². The molecule has 0 aromatic heterocycles. The van der Waals surface area contributed by atoms with Crippen LogP contribution in [0.15, 0.2) is 18.2 Å². The van der Waals surface area contributed by atoms with Crippen LogP contribution in [0, 0.1) is 0 Å². The molecule has 2 nitrogen and oxygen atoms in total. The van der Waals surface area contributed by atoms with Crippen molar-refractivity contribution in [3.8, 4) is 0 Å². The summed E-state index contributed by atoms with van der Waals surface area (Å²) < 4.78 is 0. The van der Waals surface area contributed by atoms with Crippen molar-refractivity contribution in [1.29, 1.82) is 0 Å². The normalized spacial score (nSPS) is 12.2. The van der Waals surface area contributed by atoms with Crippen LogP contribution < -0.4 is 5.32 Å². The van der Waals surface area contributed by atoms with Crippen LogP contribution in [-0.4, -0.2) is 17.8 Å². The average Bonchev–Trinajstić information content (AvgIpc) is 2.15. The van der Waals surface area contributed by atoms with Crippen molar-refractivity contribution in [2.75, 3.05) is 6.54 Å². The van der Waals surface area contributed by atoms with Crippen molar-refractivity contribution in [1.82, 2.24) is 5.32 Å². The zero-order valence-electron chi connectivity index (χ0n) is 8.77. The Labute approximate surface area is 110 Å². The molecule has 1 aromatic rings. The lowest BCUT2D eigenvalue weighted by Gasteiger charge is -2.06. The number of rotatable bonds is 4. The molecule has 0 radical (unpaired) electrons. The van der Waals surface area contributed by atoms with E-state index in [2.05, 4.69) is 5.32 Å². The number of alkyl halides is 1. The van der Waals surface area contributed by atoms with Gasteiger partial charge < -0.3 is 5.32 Å². The molecule has 1 unspecified atom stereocenters. The standard InChI is InChI=1S/C11H12Cl3NO/c1-7(12)2-3-15-11(16)8-4-9(13)6-10(14)5-8/h4-7H,2-3H2,1H3,(H,15,16). The van der Waals surface area contributed by atoms with Gasteiger partial charge in [-0.2, -0.15) is 0 Å². The highest BCUT2D eigenvalue weighted by molar-refractivity contribution is 6.35. The van der Waals surface area contributed by atoms with E-state index in [1.165, 1.54) is 0 Å². The lowest BCUT2D eigenvalue weighted by atomic mass is 10.2. The lowest BCUT2D eigenvalue weighted by Crippen LogP contribution is -2.25. The Morgan fingerprint density at radius 1 is 1.31 bits per heavy atom. The second-order valence-corrected chi connectivity index (χ2v) is 5.10. The largest absolute Gasteiger partial charge is 0.352 e. The smallest absolute Gasteiger partial charge is 0.251 e. The molecule has 16 heavy (non-hydrogen) atoms. The molecular weight excluding hydrogens is 268 g/mol. The minimum Gasteiger partial charge on any atom is -0.352 e. The van der Waals surface area contributed by atoms with E-state index < -0.39 is 0 Å². The van der Waals surface area contributed by atoms with Gasteiger partial charge in [0.25, 0.3) is 5.91 Å². The Balaban J connectivity index is 2.59. The maximum atomic E-state index is 11.7. The maximum absolute atomic E-state index is 11.7. The maximum Gasteiger partial charge on any atom is 0.251 e. The van der Waals surface area contributed by atoms with Crippen LogP contribution in [0.25, 0.3) is 0 Å². The summed E-state index contributed by atoms with van der Waals surface area (Å²) >= 11 is 17.4. The summed E-state index contributed by atoms with van der Waals surface area (Å²) in [5, 5.41) is 3.68. The SMILES string of the molecule is CC(Cl)CCNC(=O)c1cc(Cl)cc(Cl)c1. The van der Waals surface area contributed by atoms with Crippen molar-refractivity contribution < 1.29 is 4.79 Å². The molecule has 0 spiro atoms. The summed E-state index contributed by atoms with van der Waals surface area (Å²) in [6.07, 6.45) is 0.724. The molecule has 0 aliphatic rings. The summed E-state index contributed by atoms with van der Waals surface area (Å²) in [5.41, 5.74) is 0.458. The first kappa shape index (κ1) is 13.6. The molecule has 1 rings (SSSR count). The van der Waals surface area contributed by atoms with Gasteiger partial charge in [0.2, 0.25) is 0 Å². The van der Waals surface area contributed by atoms with Gasteiger partial charge >= 0.3 is 0 Å². The third kappa shape index (κ3) is 4.60. The minimum atomic E-state index is -0.193. The van der Waals surface area contributed by atoms with Gasteiger partial charge in [-0.25, -0.2) is 0 Å². The molecule has 88 valence electrons. The first-order valence-electron chi connectivity index (χ1n) is 4.87.